The van der Waals surface area contributed by atoms with Crippen LogP contribution in [0.5, 0.6) is 0 Å². The van der Waals surface area contributed by atoms with E-state index >= 15 is 0 Å². The van der Waals surface area contributed by atoms with Gasteiger partial charge in [-0.15, -0.1) is 0 Å². The van der Waals surface area contributed by atoms with Gasteiger partial charge in [0.15, 0.2) is 5.82 Å². The molecular weight excluding hydrogens is 406 g/mol. The molecule has 0 saturated carbocycles. The number of morpholine rings is 1. The Labute approximate surface area is 179 Å². The number of nitriles is 1. The van der Waals surface area contributed by atoms with Crippen LogP contribution in [0.15, 0.2) is 35.5 Å². The Bertz CT molecular complexity index is 1030. The molecule has 1 aromatic heterocycles. The van der Waals surface area contributed by atoms with Crippen molar-refractivity contribution in [2.24, 2.45) is 0 Å². The van der Waals surface area contributed by atoms with E-state index in [9.17, 15) is 10.1 Å². The fourth-order valence-corrected chi connectivity index (χ4v) is 3.95. The van der Waals surface area contributed by atoms with E-state index in [4.69, 9.17) is 26.2 Å². The van der Waals surface area contributed by atoms with Gasteiger partial charge in [0.05, 0.1) is 25.4 Å². The Balaban J connectivity index is 1.88. The molecule has 1 aromatic carbocycles. The molecule has 9 heteroatoms. The zero-order valence-corrected chi connectivity index (χ0v) is 17.6. The van der Waals surface area contributed by atoms with Crippen LogP contribution in [0.2, 0.25) is 5.02 Å². The number of carbonyl (C=O) groups excluding carboxylic acids is 1. The molecule has 1 fully saturated rings. The molecule has 3 heterocycles. The topological polar surface area (TPSA) is 92.4 Å². The maximum absolute atomic E-state index is 12.9. The first kappa shape index (κ1) is 20.3. The number of rotatable bonds is 4. The van der Waals surface area contributed by atoms with E-state index in [1.165, 1.54) is 0 Å². The summed E-state index contributed by atoms with van der Waals surface area (Å²) in [5.41, 5.74) is 2.35. The number of allylic oxidation sites excluding steroid dienone is 1. The van der Waals surface area contributed by atoms with Gasteiger partial charge < -0.3 is 19.7 Å². The predicted octanol–water partition coefficient (Wildman–Crippen LogP) is 3.10. The number of hydrogen-bond acceptors (Lipinski definition) is 7. The molecule has 0 radical (unpaired) electrons. The molecule has 0 unspecified atom stereocenters. The summed E-state index contributed by atoms with van der Waals surface area (Å²) in [6.07, 6.45) is 0. The van der Waals surface area contributed by atoms with Gasteiger partial charge in [0.25, 0.3) is 0 Å². The van der Waals surface area contributed by atoms with Gasteiger partial charge in [-0.2, -0.15) is 10.4 Å². The van der Waals surface area contributed by atoms with Crippen LogP contribution in [-0.4, -0.2) is 48.7 Å². The summed E-state index contributed by atoms with van der Waals surface area (Å²) in [5, 5.41) is 18.5. The standard InChI is InChI=1S/C21H22ClN5O3/c1-3-30-21(28)17-13(2)24-19-16(12-23)20(26-8-10-29-11-9-26)25-27(19)18(17)14-4-6-15(22)7-5-14/h4-7,18,24H,3,8-11H2,1-2H3/t18-/m0/s1. The molecule has 1 N–H and O–H groups in total. The minimum absolute atomic E-state index is 0.261. The third-order valence-electron chi connectivity index (χ3n) is 5.22. The third-order valence-corrected chi connectivity index (χ3v) is 5.48. The lowest BCUT2D eigenvalue weighted by molar-refractivity contribution is -0.139. The minimum Gasteiger partial charge on any atom is -0.463 e. The van der Waals surface area contributed by atoms with Crippen molar-refractivity contribution in [1.82, 2.24) is 9.78 Å². The van der Waals surface area contributed by atoms with Crippen LogP contribution in [0.25, 0.3) is 0 Å². The van der Waals surface area contributed by atoms with Crippen LogP contribution in [-0.2, 0) is 14.3 Å². The van der Waals surface area contributed by atoms with Gasteiger partial charge in [0.1, 0.15) is 23.5 Å². The monoisotopic (exact) mass is 427 g/mol. The zero-order chi connectivity index (χ0) is 21.3. The molecule has 1 saturated heterocycles. The van der Waals surface area contributed by atoms with E-state index in [0.717, 1.165) is 5.56 Å². The number of carbonyl (C=O) groups is 1. The average Bonchev–Trinajstić information content (AvgIpc) is 3.12. The Morgan fingerprint density at radius 3 is 2.70 bits per heavy atom. The summed E-state index contributed by atoms with van der Waals surface area (Å²) in [6, 6.07) is 9.00. The summed E-state index contributed by atoms with van der Waals surface area (Å²) in [5.74, 6) is 0.722. The summed E-state index contributed by atoms with van der Waals surface area (Å²) in [7, 11) is 0. The molecular formula is C21H22ClN5O3. The van der Waals surface area contributed by atoms with Crippen molar-refractivity contribution in [1.29, 1.82) is 5.26 Å². The van der Waals surface area contributed by atoms with Gasteiger partial charge in [-0.25, -0.2) is 9.48 Å². The summed E-state index contributed by atoms with van der Waals surface area (Å²) >= 11 is 6.08. The first-order valence-electron chi connectivity index (χ1n) is 9.80. The lowest BCUT2D eigenvalue weighted by Gasteiger charge is -2.29. The van der Waals surface area contributed by atoms with Crippen LogP contribution in [0, 0.1) is 11.3 Å². The van der Waals surface area contributed by atoms with Crippen molar-refractivity contribution in [2.45, 2.75) is 19.9 Å². The number of halogens is 1. The van der Waals surface area contributed by atoms with Crippen LogP contribution in [0.3, 0.4) is 0 Å². The van der Waals surface area contributed by atoms with E-state index in [-0.39, 0.29) is 6.61 Å². The summed E-state index contributed by atoms with van der Waals surface area (Å²) in [4.78, 5) is 14.9. The molecule has 8 nitrogen and oxygen atoms in total. The van der Waals surface area contributed by atoms with Crippen molar-refractivity contribution in [2.75, 3.05) is 43.1 Å². The van der Waals surface area contributed by atoms with Gasteiger partial charge in [0.2, 0.25) is 0 Å². The molecule has 0 bridgehead atoms. The maximum Gasteiger partial charge on any atom is 0.338 e. The second-order valence-electron chi connectivity index (χ2n) is 7.04. The summed E-state index contributed by atoms with van der Waals surface area (Å²) in [6.45, 7) is 6.28. The number of nitrogens with one attached hydrogen (secondary N) is 1. The molecule has 4 rings (SSSR count). The van der Waals surface area contributed by atoms with Crippen LogP contribution in [0.1, 0.15) is 31.0 Å². The normalized spacial score (nSPS) is 18.5. The number of aromatic nitrogens is 2. The number of esters is 1. The highest BCUT2D eigenvalue weighted by molar-refractivity contribution is 6.30. The van der Waals surface area contributed by atoms with Crippen molar-refractivity contribution in [3.05, 3.63) is 51.7 Å². The highest BCUT2D eigenvalue weighted by atomic mass is 35.5. The van der Waals surface area contributed by atoms with E-state index in [0.29, 0.717) is 59.8 Å². The quantitative estimate of drug-likeness (QED) is 0.749. The lowest BCUT2D eigenvalue weighted by Crippen LogP contribution is -2.37. The number of ether oxygens (including phenoxy) is 2. The third kappa shape index (κ3) is 3.51. The van der Waals surface area contributed by atoms with E-state index in [1.807, 2.05) is 17.0 Å². The second kappa shape index (κ2) is 8.38. The van der Waals surface area contributed by atoms with Gasteiger partial charge >= 0.3 is 5.97 Å². The molecule has 156 valence electrons. The maximum atomic E-state index is 12.9. The van der Waals surface area contributed by atoms with Crippen molar-refractivity contribution < 1.29 is 14.3 Å². The minimum atomic E-state index is -0.542. The van der Waals surface area contributed by atoms with E-state index < -0.39 is 12.0 Å². The number of fused-ring (bicyclic) bond motifs is 1. The van der Waals surface area contributed by atoms with Crippen LogP contribution >= 0.6 is 11.6 Å². The molecule has 0 spiro atoms. The average molecular weight is 428 g/mol. The van der Waals surface area contributed by atoms with Crippen molar-refractivity contribution >= 4 is 29.2 Å². The summed E-state index contributed by atoms with van der Waals surface area (Å²) < 4.78 is 12.5. The van der Waals surface area contributed by atoms with Crippen LogP contribution in [0.4, 0.5) is 11.6 Å². The van der Waals surface area contributed by atoms with E-state index in [1.54, 1.807) is 30.7 Å². The molecule has 1 atom stereocenters. The highest BCUT2D eigenvalue weighted by Gasteiger charge is 2.37. The highest BCUT2D eigenvalue weighted by Crippen LogP contribution is 2.41. The molecule has 2 aliphatic rings. The van der Waals surface area contributed by atoms with Gasteiger partial charge in [-0.05, 0) is 31.5 Å². The second-order valence-corrected chi connectivity index (χ2v) is 7.48. The molecule has 2 aliphatic heterocycles. The number of nitrogens with zero attached hydrogens (tertiary/aromatic N) is 4. The van der Waals surface area contributed by atoms with Gasteiger partial charge in [-0.3, -0.25) is 0 Å². The fraction of sp³-hybridized carbons (Fsp3) is 0.381. The van der Waals surface area contributed by atoms with Crippen molar-refractivity contribution in [3.8, 4) is 6.07 Å². The SMILES string of the molecule is CCOC(=O)C1=C(C)Nc2c(C#N)c(N3CCOCC3)nn2[C@H]1c1ccc(Cl)cc1. The largest absolute Gasteiger partial charge is 0.463 e. The Hall–Kier alpha value is -3.02. The number of anilines is 2. The fourth-order valence-electron chi connectivity index (χ4n) is 3.83. The predicted molar refractivity (Wildman–Crippen MR) is 113 cm³/mol. The number of hydrogen-bond donors (Lipinski definition) is 1. The molecule has 0 aliphatic carbocycles. The molecule has 30 heavy (non-hydrogen) atoms. The molecule has 0 amide bonds. The Kier molecular flexibility index (Phi) is 5.66. The number of benzene rings is 1. The van der Waals surface area contributed by atoms with E-state index in [2.05, 4.69) is 11.4 Å². The van der Waals surface area contributed by atoms with Crippen molar-refractivity contribution in [3.63, 3.8) is 0 Å². The van der Waals surface area contributed by atoms with Gasteiger partial charge in [-0.1, -0.05) is 23.7 Å². The van der Waals surface area contributed by atoms with Gasteiger partial charge in [0, 0.05) is 23.8 Å². The Morgan fingerprint density at radius 2 is 2.07 bits per heavy atom. The first-order valence-corrected chi connectivity index (χ1v) is 10.2. The van der Waals surface area contributed by atoms with Crippen LogP contribution < -0.4 is 10.2 Å². The first-order chi connectivity index (χ1) is 14.5. The zero-order valence-electron chi connectivity index (χ0n) is 16.8. The lowest BCUT2D eigenvalue weighted by atomic mass is 9.95. The smallest absolute Gasteiger partial charge is 0.338 e. The molecule has 2 aromatic rings. The Morgan fingerprint density at radius 1 is 1.37 bits per heavy atom.